The van der Waals surface area contributed by atoms with Crippen molar-refractivity contribution < 1.29 is 22.7 Å². The average Bonchev–Trinajstić information content (AvgIpc) is 3.27. The SMILES string of the molecule is COc1ccc(-c2nc(C(=O)NCc3ccccc3S(=O)(=O)N(C)C)cs2)cc1OC. The molecular formula is C21H23N3O5S2. The highest BCUT2D eigenvalue weighted by Crippen LogP contribution is 2.33. The van der Waals surface area contributed by atoms with Crippen molar-refractivity contribution in [2.24, 2.45) is 0 Å². The summed E-state index contributed by atoms with van der Waals surface area (Å²) in [4.78, 5) is 17.2. The van der Waals surface area contributed by atoms with E-state index in [9.17, 15) is 13.2 Å². The Bertz CT molecular complexity index is 1190. The van der Waals surface area contributed by atoms with Crippen molar-refractivity contribution in [3.8, 4) is 22.1 Å². The van der Waals surface area contributed by atoms with E-state index in [1.165, 1.54) is 31.5 Å². The molecule has 1 N–H and O–H groups in total. The van der Waals surface area contributed by atoms with Crippen LogP contribution in [-0.4, -0.2) is 51.9 Å². The molecule has 0 radical (unpaired) electrons. The number of amides is 1. The van der Waals surface area contributed by atoms with Crippen molar-refractivity contribution in [3.63, 3.8) is 0 Å². The van der Waals surface area contributed by atoms with E-state index in [-0.39, 0.29) is 23.0 Å². The monoisotopic (exact) mass is 461 g/mol. The van der Waals surface area contributed by atoms with Gasteiger partial charge in [0.25, 0.3) is 5.91 Å². The molecule has 3 rings (SSSR count). The van der Waals surface area contributed by atoms with E-state index in [2.05, 4.69) is 10.3 Å². The second-order valence-electron chi connectivity index (χ2n) is 6.69. The fourth-order valence-electron chi connectivity index (χ4n) is 2.84. The average molecular weight is 462 g/mol. The molecule has 0 bridgehead atoms. The summed E-state index contributed by atoms with van der Waals surface area (Å²) in [7, 11) is 2.43. The highest BCUT2D eigenvalue weighted by molar-refractivity contribution is 7.89. The number of nitrogens with zero attached hydrogens (tertiary/aromatic N) is 2. The minimum absolute atomic E-state index is 0.0608. The number of aromatic nitrogens is 1. The van der Waals surface area contributed by atoms with Crippen LogP contribution < -0.4 is 14.8 Å². The fraction of sp³-hybridized carbons (Fsp3) is 0.238. The highest BCUT2D eigenvalue weighted by atomic mass is 32.2. The van der Waals surface area contributed by atoms with Crippen LogP contribution in [-0.2, 0) is 16.6 Å². The van der Waals surface area contributed by atoms with Gasteiger partial charge in [0.15, 0.2) is 11.5 Å². The lowest BCUT2D eigenvalue weighted by Gasteiger charge is -2.15. The van der Waals surface area contributed by atoms with Gasteiger partial charge >= 0.3 is 0 Å². The van der Waals surface area contributed by atoms with Gasteiger partial charge in [-0.25, -0.2) is 17.7 Å². The summed E-state index contributed by atoms with van der Waals surface area (Å²) in [6, 6.07) is 12.0. The number of benzene rings is 2. The molecule has 1 heterocycles. The van der Waals surface area contributed by atoms with Gasteiger partial charge in [-0.15, -0.1) is 11.3 Å². The smallest absolute Gasteiger partial charge is 0.271 e. The van der Waals surface area contributed by atoms with Crippen LogP contribution in [0.2, 0.25) is 0 Å². The Balaban J connectivity index is 1.77. The maximum Gasteiger partial charge on any atom is 0.271 e. The molecule has 0 saturated heterocycles. The summed E-state index contributed by atoms with van der Waals surface area (Å²) in [6.45, 7) is 0.0608. The molecule has 31 heavy (non-hydrogen) atoms. The lowest BCUT2D eigenvalue weighted by atomic mass is 10.2. The summed E-state index contributed by atoms with van der Waals surface area (Å²) in [5.41, 5.74) is 1.55. The van der Waals surface area contributed by atoms with Crippen molar-refractivity contribution in [2.75, 3.05) is 28.3 Å². The molecule has 0 fully saturated rings. The minimum Gasteiger partial charge on any atom is -0.493 e. The Morgan fingerprint density at radius 3 is 2.48 bits per heavy atom. The first-order valence-electron chi connectivity index (χ1n) is 9.24. The largest absolute Gasteiger partial charge is 0.493 e. The zero-order valence-corrected chi connectivity index (χ0v) is 19.2. The Labute approximate surface area is 185 Å². The molecule has 0 atom stereocenters. The number of hydrogen-bond acceptors (Lipinski definition) is 7. The molecule has 8 nitrogen and oxygen atoms in total. The van der Waals surface area contributed by atoms with E-state index in [0.717, 1.165) is 9.87 Å². The number of carbonyl (C=O) groups excluding carboxylic acids is 1. The minimum atomic E-state index is -3.62. The van der Waals surface area contributed by atoms with Crippen molar-refractivity contribution in [1.29, 1.82) is 0 Å². The number of sulfonamides is 1. The number of methoxy groups -OCH3 is 2. The quantitative estimate of drug-likeness (QED) is 0.554. The zero-order chi connectivity index (χ0) is 22.6. The predicted octanol–water partition coefficient (Wildman–Crippen LogP) is 3.01. The third kappa shape index (κ3) is 4.87. The van der Waals surface area contributed by atoms with Crippen LogP contribution in [0.15, 0.2) is 52.7 Å². The first-order valence-corrected chi connectivity index (χ1v) is 11.6. The number of nitrogens with one attached hydrogen (secondary N) is 1. The van der Waals surface area contributed by atoms with Gasteiger partial charge in [-0.3, -0.25) is 4.79 Å². The molecule has 3 aromatic rings. The van der Waals surface area contributed by atoms with E-state index in [1.807, 2.05) is 6.07 Å². The van der Waals surface area contributed by atoms with Crippen LogP contribution >= 0.6 is 11.3 Å². The van der Waals surface area contributed by atoms with Gasteiger partial charge in [0.1, 0.15) is 10.7 Å². The number of ether oxygens (including phenoxy) is 2. The molecule has 0 aliphatic rings. The Morgan fingerprint density at radius 2 is 1.81 bits per heavy atom. The summed E-state index contributed by atoms with van der Waals surface area (Å²) in [5.74, 6) is 0.784. The summed E-state index contributed by atoms with van der Waals surface area (Å²) in [6.07, 6.45) is 0. The van der Waals surface area contributed by atoms with Crippen molar-refractivity contribution in [3.05, 3.63) is 59.1 Å². The van der Waals surface area contributed by atoms with E-state index >= 15 is 0 Å². The molecule has 2 aromatic carbocycles. The summed E-state index contributed by atoms with van der Waals surface area (Å²) >= 11 is 1.33. The second-order valence-corrected chi connectivity index (χ2v) is 9.66. The lowest BCUT2D eigenvalue weighted by molar-refractivity contribution is 0.0946. The zero-order valence-electron chi connectivity index (χ0n) is 17.6. The van der Waals surface area contributed by atoms with Gasteiger partial charge < -0.3 is 14.8 Å². The highest BCUT2D eigenvalue weighted by Gasteiger charge is 2.21. The van der Waals surface area contributed by atoms with Crippen LogP contribution in [0.1, 0.15) is 16.1 Å². The molecule has 1 amide bonds. The van der Waals surface area contributed by atoms with Gasteiger partial charge in [-0.1, -0.05) is 18.2 Å². The molecule has 164 valence electrons. The first-order chi connectivity index (χ1) is 14.8. The van der Waals surface area contributed by atoms with E-state index < -0.39 is 10.0 Å². The van der Waals surface area contributed by atoms with Gasteiger partial charge in [0, 0.05) is 31.6 Å². The van der Waals surface area contributed by atoms with Gasteiger partial charge in [0.2, 0.25) is 10.0 Å². The Morgan fingerprint density at radius 1 is 1.10 bits per heavy atom. The number of rotatable bonds is 8. The molecule has 0 aliphatic carbocycles. The summed E-state index contributed by atoms with van der Waals surface area (Å²) in [5, 5.41) is 5.06. The first kappa shape index (κ1) is 22.7. The van der Waals surface area contributed by atoms with Crippen molar-refractivity contribution in [2.45, 2.75) is 11.4 Å². The van der Waals surface area contributed by atoms with E-state index in [1.54, 1.807) is 49.9 Å². The van der Waals surface area contributed by atoms with Gasteiger partial charge in [0.05, 0.1) is 19.1 Å². The van der Waals surface area contributed by atoms with Gasteiger partial charge in [-0.05, 0) is 29.8 Å². The number of thiazole rings is 1. The molecule has 0 aliphatic heterocycles. The lowest BCUT2D eigenvalue weighted by Crippen LogP contribution is -2.27. The van der Waals surface area contributed by atoms with Crippen LogP contribution in [0.3, 0.4) is 0 Å². The van der Waals surface area contributed by atoms with Crippen LogP contribution in [0.5, 0.6) is 11.5 Å². The maximum absolute atomic E-state index is 12.6. The van der Waals surface area contributed by atoms with Crippen LogP contribution in [0.25, 0.3) is 10.6 Å². The van der Waals surface area contributed by atoms with Crippen molar-refractivity contribution >= 4 is 27.3 Å². The third-order valence-corrected chi connectivity index (χ3v) is 7.34. The number of carbonyl (C=O) groups is 1. The molecule has 0 unspecified atom stereocenters. The van der Waals surface area contributed by atoms with Crippen molar-refractivity contribution in [1.82, 2.24) is 14.6 Å². The molecule has 10 heteroatoms. The topological polar surface area (TPSA) is 97.8 Å². The number of hydrogen-bond donors (Lipinski definition) is 1. The standard InChI is InChI=1S/C21H23N3O5S2/c1-24(2)31(26,27)19-8-6-5-7-15(19)12-22-20(25)16-13-30-21(23-16)14-9-10-17(28-3)18(11-14)29-4/h5-11,13H,12H2,1-4H3,(H,22,25). The molecular weight excluding hydrogens is 438 g/mol. The van der Waals surface area contributed by atoms with E-state index in [0.29, 0.717) is 22.1 Å². The van der Waals surface area contributed by atoms with E-state index in [4.69, 9.17) is 9.47 Å². The predicted molar refractivity (Wildman–Crippen MR) is 119 cm³/mol. The normalized spacial score (nSPS) is 11.4. The Kier molecular flexibility index (Phi) is 6.94. The fourth-order valence-corrected chi connectivity index (χ4v) is 4.76. The molecule has 0 spiro atoms. The molecule has 1 aromatic heterocycles. The van der Waals surface area contributed by atoms with Crippen LogP contribution in [0.4, 0.5) is 0 Å². The molecule has 0 saturated carbocycles. The summed E-state index contributed by atoms with van der Waals surface area (Å²) < 4.78 is 36.7. The van der Waals surface area contributed by atoms with Gasteiger partial charge in [-0.2, -0.15) is 0 Å². The van der Waals surface area contributed by atoms with Crippen LogP contribution in [0, 0.1) is 0 Å². The second kappa shape index (κ2) is 9.46. The third-order valence-electron chi connectivity index (χ3n) is 4.54. The maximum atomic E-state index is 12.6. The Hall–Kier alpha value is -2.95.